The molecular weight excluding hydrogens is 340 g/mol. The summed E-state index contributed by atoms with van der Waals surface area (Å²) in [5, 5.41) is 0. The summed E-state index contributed by atoms with van der Waals surface area (Å²) in [6, 6.07) is 0. The highest BCUT2D eigenvalue weighted by atomic mass is 16.5. The number of hydrogen-bond donors (Lipinski definition) is 0. The average molecular weight is 375 g/mol. The van der Waals surface area contributed by atoms with Crippen LogP contribution in [0.2, 0.25) is 0 Å². The number of ketones is 2. The van der Waals surface area contributed by atoms with E-state index in [1.54, 1.807) is 0 Å². The Kier molecular flexibility index (Phi) is 5.09. The highest BCUT2D eigenvalue weighted by Gasteiger charge is 2.60. The van der Waals surface area contributed by atoms with Crippen molar-refractivity contribution in [3.63, 3.8) is 0 Å². The fourth-order valence-corrected chi connectivity index (χ4v) is 6.70. The number of carbonyl (C=O) groups is 2. The molecule has 0 saturated heterocycles. The van der Waals surface area contributed by atoms with Crippen LogP contribution in [-0.4, -0.2) is 37.5 Å². The summed E-state index contributed by atoms with van der Waals surface area (Å²) >= 11 is 0. The first-order chi connectivity index (χ1) is 12.9. The molecule has 0 aromatic rings. The van der Waals surface area contributed by atoms with Gasteiger partial charge in [-0.25, -0.2) is 0 Å². The molecule has 4 aliphatic rings. The molecule has 0 N–H and O–H groups in total. The molecule has 0 amide bonds. The van der Waals surface area contributed by atoms with Crippen molar-refractivity contribution in [2.75, 3.05) is 19.8 Å². The maximum Gasteiger partial charge on any atom is 0.159 e. The van der Waals surface area contributed by atoms with Gasteiger partial charge >= 0.3 is 0 Å². The van der Waals surface area contributed by atoms with E-state index in [1.807, 2.05) is 13.0 Å². The Morgan fingerprint density at radius 2 is 1.78 bits per heavy atom. The zero-order chi connectivity index (χ0) is 19.2. The second-order valence-corrected chi connectivity index (χ2v) is 9.58. The van der Waals surface area contributed by atoms with Gasteiger partial charge in [0.05, 0.1) is 19.3 Å². The zero-order valence-corrected chi connectivity index (χ0v) is 17.1. The first-order valence-corrected chi connectivity index (χ1v) is 10.9. The van der Waals surface area contributed by atoms with Crippen LogP contribution in [0.1, 0.15) is 65.7 Å². The number of carbonyl (C=O) groups excluding carboxylic acids is 2. The van der Waals surface area contributed by atoms with Gasteiger partial charge < -0.3 is 9.47 Å². The predicted molar refractivity (Wildman–Crippen MR) is 103 cm³/mol. The van der Waals surface area contributed by atoms with E-state index < -0.39 is 0 Å². The van der Waals surface area contributed by atoms with Gasteiger partial charge in [-0.05, 0) is 68.8 Å². The molecular formula is C23H34O4. The summed E-state index contributed by atoms with van der Waals surface area (Å²) in [4.78, 5) is 25.7. The molecule has 4 nitrogen and oxygen atoms in total. The third kappa shape index (κ3) is 3.04. The van der Waals surface area contributed by atoms with Crippen molar-refractivity contribution in [1.82, 2.24) is 0 Å². The minimum absolute atomic E-state index is 0.0550. The van der Waals surface area contributed by atoms with Crippen LogP contribution in [0.15, 0.2) is 11.6 Å². The van der Waals surface area contributed by atoms with E-state index in [4.69, 9.17) is 9.47 Å². The Morgan fingerprint density at radius 1 is 1.04 bits per heavy atom. The van der Waals surface area contributed by atoms with Gasteiger partial charge in [0.25, 0.3) is 0 Å². The molecule has 27 heavy (non-hydrogen) atoms. The lowest BCUT2D eigenvalue weighted by Gasteiger charge is -2.56. The van der Waals surface area contributed by atoms with E-state index in [9.17, 15) is 9.59 Å². The predicted octanol–water partition coefficient (Wildman–Crippen LogP) is 4.12. The summed E-state index contributed by atoms with van der Waals surface area (Å²) in [5.74, 6) is 1.39. The Labute approximate surface area is 163 Å². The van der Waals surface area contributed by atoms with Crippen LogP contribution in [0.3, 0.4) is 0 Å². The van der Waals surface area contributed by atoms with E-state index in [0.717, 1.165) is 45.1 Å². The third-order valence-electron chi connectivity index (χ3n) is 8.39. The van der Waals surface area contributed by atoms with E-state index in [1.165, 1.54) is 5.57 Å². The van der Waals surface area contributed by atoms with Crippen molar-refractivity contribution in [1.29, 1.82) is 0 Å². The largest absolute Gasteiger partial charge is 0.379 e. The highest BCUT2D eigenvalue weighted by Crippen LogP contribution is 2.63. The fourth-order valence-electron chi connectivity index (χ4n) is 6.70. The van der Waals surface area contributed by atoms with Gasteiger partial charge in [0, 0.05) is 24.4 Å². The van der Waals surface area contributed by atoms with Crippen molar-refractivity contribution in [3.8, 4) is 0 Å². The van der Waals surface area contributed by atoms with Gasteiger partial charge in [0.1, 0.15) is 5.78 Å². The van der Waals surface area contributed by atoms with Crippen LogP contribution in [-0.2, 0) is 19.1 Å². The molecule has 0 spiro atoms. The first kappa shape index (κ1) is 19.3. The second kappa shape index (κ2) is 7.11. The second-order valence-electron chi connectivity index (χ2n) is 9.58. The Morgan fingerprint density at radius 3 is 2.56 bits per heavy atom. The minimum atomic E-state index is -0.252. The van der Waals surface area contributed by atoms with Crippen molar-refractivity contribution in [2.24, 2.45) is 28.6 Å². The quantitative estimate of drug-likeness (QED) is 0.679. The molecule has 0 heterocycles. The van der Waals surface area contributed by atoms with Crippen LogP contribution in [0.5, 0.6) is 0 Å². The summed E-state index contributed by atoms with van der Waals surface area (Å²) in [6.07, 6.45) is 8.72. The Balaban J connectivity index is 1.53. The van der Waals surface area contributed by atoms with Crippen LogP contribution in [0, 0.1) is 28.6 Å². The van der Waals surface area contributed by atoms with Crippen molar-refractivity contribution in [2.45, 2.75) is 71.8 Å². The number of hydrogen-bond acceptors (Lipinski definition) is 4. The van der Waals surface area contributed by atoms with E-state index in [2.05, 4.69) is 13.8 Å². The molecule has 0 radical (unpaired) electrons. The molecule has 3 fully saturated rings. The van der Waals surface area contributed by atoms with Gasteiger partial charge in [-0.2, -0.15) is 0 Å². The molecule has 0 bridgehead atoms. The Bertz CT molecular complexity index is 653. The fraction of sp³-hybridized carbons (Fsp3) is 0.826. The molecule has 0 aliphatic heterocycles. The van der Waals surface area contributed by atoms with Gasteiger partial charge in [-0.15, -0.1) is 0 Å². The minimum Gasteiger partial charge on any atom is -0.379 e. The van der Waals surface area contributed by atoms with E-state index >= 15 is 0 Å². The maximum atomic E-state index is 13.2. The van der Waals surface area contributed by atoms with Crippen LogP contribution < -0.4 is 0 Å². The number of allylic oxidation sites excluding steroid dienone is 1. The number of rotatable bonds is 5. The summed E-state index contributed by atoms with van der Waals surface area (Å²) < 4.78 is 11.4. The lowest BCUT2D eigenvalue weighted by molar-refractivity contribution is -0.140. The van der Waals surface area contributed by atoms with Gasteiger partial charge in [-0.3, -0.25) is 9.59 Å². The first-order valence-electron chi connectivity index (χ1n) is 10.9. The van der Waals surface area contributed by atoms with Crippen LogP contribution in [0.25, 0.3) is 0 Å². The van der Waals surface area contributed by atoms with Crippen LogP contribution >= 0.6 is 0 Å². The van der Waals surface area contributed by atoms with E-state index in [0.29, 0.717) is 31.3 Å². The van der Waals surface area contributed by atoms with Gasteiger partial charge in [0.2, 0.25) is 0 Å². The van der Waals surface area contributed by atoms with Crippen molar-refractivity contribution >= 4 is 11.6 Å². The molecule has 0 unspecified atom stereocenters. The smallest absolute Gasteiger partial charge is 0.159 e. The normalized spacial score (nSPS) is 43.7. The lowest BCUT2D eigenvalue weighted by atomic mass is 9.48. The van der Waals surface area contributed by atoms with Gasteiger partial charge in [-0.1, -0.05) is 19.4 Å². The monoisotopic (exact) mass is 374 g/mol. The third-order valence-corrected chi connectivity index (χ3v) is 8.39. The molecule has 3 saturated carbocycles. The molecule has 150 valence electrons. The number of fused-ring (bicyclic) bond motifs is 5. The van der Waals surface area contributed by atoms with Gasteiger partial charge in [0.15, 0.2) is 5.78 Å². The van der Waals surface area contributed by atoms with Crippen LogP contribution in [0.4, 0.5) is 0 Å². The number of Topliss-reactive ketones (excluding diaryl/α,β-unsaturated/α-hetero) is 1. The maximum absolute atomic E-state index is 13.2. The lowest BCUT2D eigenvalue weighted by Crippen LogP contribution is -2.53. The molecule has 0 aromatic heterocycles. The molecule has 4 heteroatoms. The number of ether oxygens (including phenoxy) is 2. The molecule has 0 aromatic carbocycles. The summed E-state index contributed by atoms with van der Waals surface area (Å²) in [5.41, 5.74) is 1.15. The average Bonchev–Trinajstić information content (AvgIpc) is 2.95. The summed E-state index contributed by atoms with van der Waals surface area (Å²) in [7, 11) is 0. The SMILES string of the molecule is CCOCCO[C@H]1CC[C@@]2(C)C(=CC(=O)[C@@H]3[C@@H]2CC[C@]2(C)C(=O)CC[C@@H]32)C1. The van der Waals surface area contributed by atoms with Crippen molar-refractivity contribution < 1.29 is 19.1 Å². The van der Waals surface area contributed by atoms with E-state index in [-0.39, 0.29) is 34.6 Å². The summed E-state index contributed by atoms with van der Waals surface area (Å²) in [6.45, 7) is 8.48. The molecule has 4 aliphatic carbocycles. The van der Waals surface area contributed by atoms with Crippen molar-refractivity contribution in [3.05, 3.63) is 11.6 Å². The molecule has 6 atom stereocenters. The highest BCUT2D eigenvalue weighted by molar-refractivity contribution is 5.96. The zero-order valence-electron chi connectivity index (χ0n) is 17.1. The standard InChI is InChI=1S/C23H34O4/c1-4-26-11-12-27-16-7-9-22(2)15(13-16)14-19(24)21-17-5-6-20(25)23(17,3)10-8-18(21)22/h14,16-18,21H,4-13H2,1-3H3/t16-,17-,18-,21-,22-,23-/m0/s1. The Hall–Kier alpha value is -1.00. The molecule has 4 rings (SSSR count). The topological polar surface area (TPSA) is 52.6 Å².